The summed E-state index contributed by atoms with van der Waals surface area (Å²) in [7, 11) is -0.213. The first kappa shape index (κ1) is 18.2. The number of aryl methyl sites for hydroxylation is 1. The van der Waals surface area contributed by atoms with Gasteiger partial charge in [-0.1, -0.05) is 6.07 Å². The number of fused-ring (bicyclic) bond motifs is 1. The Morgan fingerprint density at radius 3 is 2.64 bits per heavy atom. The van der Waals surface area contributed by atoms with Crippen molar-refractivity contribution < 1.29 is 17.9 Å². The van der Waals surface area contributed by atoms with Gasteiger partial charge in [0.05, 0.1) is 11.0 Å². The lowest BCUT2D eigenvalue weighted by molar-refractivity contribution is -0.124. The number of carbonyl (C=O) groups excluding carboxylic acids is 1. The molecule has 1 aromatic rings. The standard InChI is InChI=1S/C18H26N2O4S/c1-20-11-3-4-13-7-10-16(12-17(13)20)25(22,23)19-18(21)14-5-8-15(24-2)9-6-14/h7,10,12,14-15H,3-6,8-9,11H2,1-2H3,(H,19,21). The van der Waals surface area contributed by atoms with Crippen molar-refractivity contribution >= 4 is 21.6 Å². The number of nitrogens with one attached hydrogen (secondary N) is 1. The molecule has 1 saturated carbocycles. The second-order valence-corrected chi connectivity index (χ2v) is 8.68. The number of anilines is 1. The molecular weight excluding hydrogens is 340 g/mol. The molecule has 0 aromatic heterocycles. The molecule has 0 spiro atoms. The number of carbonyl (C=O) groups is 1. The molecule has 1 heterocycles. The molecule has 138 valence electrons. The Labute approximate surface area is 149 Å². The van der Waals surface area contributed by atoms with Gasteiger partial charge in [0.25, 0.3) is 10.0 Å². The average molecular weight is 366 g/mol. The van der Waals surface area contributed by atoms with Crippen LogP contribution in [-0.4, -0.2) is 41.1 Å². The third-order valence-corrected chi connectivity index (χ3v) is 6.68. The summed E-state index contributed by atoms with van der Waals surface area (Å²) in [5, 5.41) is 0. The zero-order valence-electron chi connectivity index (χ0n) is 14.8. The van der Waals surface area contributed by atoms with Crippen LogP contribution >= 0.6 is 0 Å². The van der Waals surface area contributed by atoms with Crippen molar-refractivity contribution in [3.8, 4) is 0 Å². The summed E-state index contributed by atoms with van der Waals surface area (Å²) in [4.78, 5) is 14.6. The molecule has 0 bridgehead atoms. The lowest BCUT2D eigenvalue weighted by Crippen LogP contribution is -2.38. The highest BCUT2D eigenvalue weighted by atomic mass is 32.2. The molecule has 2 aliphatic rings. The molecule has 0 unspecified atom stereocenters. The van der Waals surface area contributed by atoms with Gasteiger partial charge in [-0.25, -0.2) is 13.1 Å². The number of rotatable bonds is 4. The van der Waals surface area contributed by atoms with Crippen molar-refractivity contribution in [1.29, 1.82) is 0 Å². The molecule has 1 aliphatic carbocycles. The van der Waals surface area contributed by atoms with Crippen molar-refractivity contribution in [2.75, 3.05) is 25.6 Å². The zero-order valence-corrected chi connectivity index (χ0v) is 15.6. The monoisotopic (exact) mass is 366 g/mol. The largest absolute Gasteiger partial charge is 0.381 e. The molecule has 0 atom stereocenters. The highest BCUT2D eigenvalue weighted by Crippen LogP contribution is 2.29. The van der Waals surface area contributed by atoms with Crippen LogP contribution in [0, 0.1) is 5.92 Å². The van der Waals surface area contributed by atoms with Crippen LogP contribution in [0.5, 0.6) is 0 Å². The number of benzene rings is 1. The van der Waals surface area contributed by atoms with Crippen molar-refractivity contribution in [2.24, 2.45) is 5.92 Å². The van der Waals surface area contributed by atoms with Crippen molar-refractivity contribution in [2.45, 2.75) is 49.5 Å². The second kappa shape index (κ2) is 7.33. The van der Waals surface area contributed by atoms with E-state index in [1.54, 1.807) is 19.2 Å². The number of methoxy groups -OCH3 is 1. The van der Waals surface area contributed by atoms with Gasteiger partial charge in [0.1, 0.15) is 0 Å². The summed E-state index contributed by atoms with van der Waals surface area (Å²) in [5.41, 5.74) is 2.08. The van der Waals surface area contributed by atoms with E-state index in [1.165, 1.54) is 0 Å². The Balaban J connectivity index is 1.72. The van der Waals surface area contributed by atoms with E-state index in [0.29, 0.717) is 12.8 Å². The molecular formula is C18H26N2O4S. The van der Waals surface area contributed by atoms with Crippen LogP contribution in [0.4, 0.5) is 5.69 Å². The molecule has 25 heavy (non-hydrogen) atoms. The lowest BCUT2D eigenvalue weighted by Gasteiger charge is -2.28. The molecule has 0 saturated heterocycles. The minimum Gasteiger partial charge on any atom is -0.381 e. The molecule has 1 N–H and O–H groups in total. The second-order valence-electron chi connectivity index (χ2n) is 6.99. The van der Waals surface area contributed by atoms with Gasteiger partial charge in [0, 0.05) is 32.3 Å². The van der Waals surface area contributed by atoms with Crippen molar-refractivity contribution in [3.63, 3.8) is 0 Å². The fourth-order valence-electron chi connectivity index (χ4n) is 3.74. The molecule has 7 heteroatoms. The van der Waals surface area contributed by atoms with Crippen molar-refractivity contribution in [1.82, 2.24) is 4.72 Å². The summed E-state index contributed by atoms with van der Waals surface area (Å²) >= 11 is 0. The fourth-order valence-corrected chi connectivity index (χ4v) is 4.80. The zero-order chi connectivity index (χ0) is 18.0. The van der Waals surface area contributed by atoms with Crippen LogP contribution < -0.4 is 9.62 Å². The summed E-state index contributed by atoms with van der Waals surface area (Å²) < 4.78 is 32.8. The fraction of sp³-hybridized carbons (Fsp3) is 0.611. The Bertz CT molecular complexity index is 739. The maximum absolute atomic E-state index is 12.6. The van der Waals surface area contributed by atoms with Gasteiger partial charge in [0.2, 0.25) is 5.91 Å². The molecule has 1 amide bonds. The average Bonchev–Trinajstić information content (AvgIpc) is 2.61. The van der Waals surface area contributed by atoms with E-state index < -0.39 is 15.9 Å². The van der Waals surface area contributed by atoms with Gasteiger partial charge < -0.3 is 9.64 Å². The number of sulfonamides is 1. The molecule has 0 radical (unpaired) electrons. The molecule has 1 fully saturated rings. The smallest absolute Gasteiger partial charge is 0.264 e. The van der Waals surface area contributed by atoms with Gasteiger partial charge in [0.15, 0.2) is 0 Å². The number of ether oxygens (including phenoxy) is 1. The predicted molar refractivity (Wildman–Crippen MR) is 96.1 cm³/mol. The summed E-state index contributed by atoms with van der Waals surface area (Å²) in [6.07, 6.45) is 5.10. The number of nitrogens with zero attached hydrogens (tertiary/aromatic N) is 1. The van der Waals surface area contributed by atoms with Gasteiger partial charge >= 0.3 is 0 Å². The van der Waals surface area contributed by atoms with Crippen LogP contribution in [0.15, 0.2) is 23.1 Å². The van der Waals surface area contributed by atoms with Gasteiger partial charge in [-0.05, 0) is 56.2 Å². The summed E-state index contributed by atoms with van der Waals surface area (Å²) in [6, 6.07) is 5.12. The highest BCUT2D eigenvalue weighted by molar-refractivity contribution is 7.90. The first-order chi connectivity index (χ1) is 11.9. The predicted octanol–water partition coefficient (Wildman–Crippen LogP) is 2.08. The Hall–Kier alpha value is -1.60. The number of hydrogen-bond donors (Lipinski definition) is 1. The maximum atomic E-state index is 12.6. The van der Waals surface area contributed by atoms with Crippen molar-refractivity contribution in [3.05, 3.63) is 23.8 Å². The normalized spacial score (nSPS) is 23.8. The first-order valence-corrected chi connectivity index (χ1v) is 10.3. The van der Waals surface area contributed by atoms with Crippen LogP contribution in [0.3, 0.4) is 0 Å². The number of hydrogen-bond acceptors (Lipinski definition) is 5. The molecule has 1 aromatic carbocycles. The Morgan fingerprint density at radius 2 is 1.96 bits per heavy atom. The first-order valence-electron chi connectivity index (χ1n) is 8.84. The van der Waals surface area contributed by atoms with Gasteiger partial charge in [-0.15, -0.1) is 0 Å². The summed E-state index contributed by atoms with van der Waals surface area (Å²) in [6.45, 7) is 0.908. The summed E-state index contributed by atoms with van der Waals surface area (Å²) in [5.74, 6) is -0.665. The molecule has 6 nitrogen and oxygen atoms in total. The van der Waals surface area contributed by atoms with Crippen LogP contribution in [-0.2, 0) is 26.0 Å². The highest BCUT2D eigenvalue weighted by Gasteiger charge is 2.29. The SMILES string of the molecule is COC1CCC(C(=O)NS(=O)(=O)c2ccc3c(c2)N(C)CCC3)CC1. The third-order valence-electron chi connectivity index (χ3n) is 5.33. The lowest BCUT2D eigenvalue weighted by atomic mass is 9.87. The molecule has 1 aliphatic heterocycles. The van der Waals surface area contributed by atoms with Crippen LogP contribution in [0.1, 0.15) is 37.7 Å². The minimum atomic E-state index is -3.84. The van der Waals surface area contributed by atoms with E-state index in [2.05, 4.69) is 9.62 Å². The van der Waals surface area contributed by atoms with Crippen LogP contribution in [0.2, 0.25) is 0 Å². The number of amides is 1. The maximum Gasteiger partial charge on any atom is 0.264 e. The quantitative estimate of drug-likeness (QED) is 0.883. The topological polar surface area (TPSA) is 75.7 Å². The van der Waals surface area contributed by atoms with E-state index in [1.807, 2.05) is 13.1 Å². The molecule has 3 rings (SSSR count). The minimum absolute atomic E-state index is 0.152. The van der Waals surface area contributed by atoms with Gasteiger partial charge in [-0.3, -0.25) is 4.79 Å². The third kappa shape index (κ3) is 3.98. The van der Waals surface area contributed by atoms with E-state index in [-0.39, 0.29) is 16.9 Å². The Morgan fingerprint density at radius 1 is 1.24 bits per heavy atom. The van der Waals surface area contributed by atoms with Gasteiger partial charge in [-0.2, -0.15) is 0 Å². The van der Waals surface area contributed by atoms with E-state index in [4.69, 9.17) is 4.74 Å². The van der Waals surface area contributed by atoms with Crippen LogP contribution in [0.25, 0.3) is 0 Å². The van der Waals surface area contributed by atoms with E-state index in [9.17, 15) is 13.2 Å². The van der Waals surface area contributed by atoms with E-state index in [0.717, 1.165) is 43.5 Å². The Kier molecular flexibility index (Phi) is 5.34. The van der Waals surface area contributed by atoms with E-state index >= 15 is 0 Å².